The number of carbonyl (C=O) groups is 2. The number of anilines is 2. The topological polar surface area (TPSA) is 83.6 Å². The van der Waals surface area contributed by atoms with E-state index in [2.05, 4.69) is 5.32 Å². The fraction of sp³-hybridized carbons (Fsp3) is 0.176. The Bertz CT molecular complexity index is 961. The first-order valence-corrected chi connectivity index (χ1v) is 10.0. The van der Waals surface area contributed by atoms with E-state index in [0.29, 0.717) is 5.56 Å². The second-order valence-electron chi connectivity index (χ2n) is 5.53. The highest BCUT2D eigenvalue weighted by Gasteiger charge is 2.22. The first kappa shape index (κ1) is 20.2. The van der Waals surface area contributed by atoms with Crippen molar-refractivity contribution in [2.45, 2.75) is 6.92 Å². The van der Waals surface area contributed by atoms with E-state index in [1.54, 1.807) is 30.3 Å². The van der Waals surface area contributed by atoms with Crippen molar-refractivity contribution in [2.24, 2.45) is 0 Å². The molecule has 0 aliphatic heterocycles. The molecular formula is C17H16Cl2N2O4S. The molecule has 0 radical (unpaired) electrons. The highest BCUT2D eigenvalue weighted by molar-refractivity contribution is 7.92. The lowest BCUT2D eigenvalue weighted by Gasteiger charge is -2.22. The molecular weight excluding hydrogens is 399 g/mol. The van der Waals surface area contributed by atoms with Crippen LogP contribution in [-0.4, -0.2) is 32.9 Å². The van der Waals surface area contributed by atoms with Gasteiger partial charge in [-0.3, -0.25) is 13.9 Å². The molecule has 1 N–H and O–H groups in total. The Morgan fingerprint density at radius 3 is 2.38 bits per heavy atom. The van der Waals surface area contributed by atoms with Gasteiger partial charge in [-0.05, 0) is 31.2 Å². The van der Waals surface area contributed by atoms with Gasteiger partial charge < -0.3 is 5.32 Å². The number of hydrogen-bond acceptors (Lipinski definition) is 4. The van der Waals surface area contributed by atoms with Crippen LogP contribution < -0.4 is 9.62 Å². The van der Waals surface area contributed by atoms with Crippen LogP contribution in [0.5, 0.6) is 0 Å². The monoisotopic (exact) mass is 414 g/mol. The molecule has 0 spiro atoms. The summed E-state index contributed by atoms with van der Waals surface area (Å²) >= 11 is 11.9. The number of amides is 1. The summed E-state index contributed by atoms with van der Waals surface area (Å²) in [7, 11) is -3.76. The normalized spacial score (nSPS) is 11.1. The minimum absolute atomic E-state index is 0.159. The molecule has 2 aromatic rings. The largest absolute Gasteiger partial charge is 0.323 e. The van der Waals surface area contributed by atoms with Gasteiger partial charge in [0.1, 0.15) is 6.54 Å². The predicted molar refractivity (Wildman–Crippen MR) is 104 cm³/mol. The number of rotatable bonds is 6. The highest BCUT2D eigenvalue weighted by atomic mass is 35.5. The number of ketones is 1. The zero-order valence-electron chi connectivity index (χ0n) is 14.0. The van der Waals surface area contributed by atoms with Gasteiger partial charge in [-0.1, -0.05) is 41.4 Å². The van der Waals surface area contributed by atoms with E-state index >= 15 is 0 Å². The maximum atomic E-state index is 12.3. The summed E-state index contributed by atoms with van der Waals surface area (Å²) in [6.45, 7) is 0.890. The smallest absolute Gasteiger partial charge is 0.245 e. The van der Waals surface area contributed by atoms with Crippen LogP contribution in [-0.2, 0) is 14.8 Å². The van der Waals surface area contributed by atoms with Crippen molar-refractivity contribution >= 4 is 56.3 Å². The molecule has 0 fully saturated rings. The van der Waals surface area contributed by atoms with Crippen molar-refractivity contribution in [3.63, 3.8) is 0 Å². The molecule has 0 saturated carbocycles. The van der Waals surface area contributed by atoms with Gasteiger partial charge in [0.2, 0.25) is 15.9 Å². The zero-order valence-corrected chi connectivity index (χ0v) is 16.3. The highest BCUT2D eigenvalue weighted by Crippen LogP contribution is 2.29. The molecule has 1 amide bonds. The molecule has 9 heteroatoms. The van der Waals surface area contributed by atoms with Crippen molar-refractivity contribution < 1.29 is 18.0 Å². The Morgan fingerprint density at radius 2 is 1.77 bits per heavy atom. The summed E-state index contributed by atoms with van der Waals surface area (Å²) in [5, 5.41) is 2.95. The van der Waals surface area contributed by atoms with Crippen LogP contribution in [0.3, 0.4) is 0 Å². The van der Waals surface area contributed by atoms with Gasteiger partial charge in [0.05, 0.1) is 27.7 Å². The maximum absolute atomic E-state index is 12.3. The van der Waals surface area contributed by atoms with Crippen LogP contribution in [0.2, 0.25) is 10.0 Å². The van der Waals surface area contributed by atoms with Gasteiger partial charge in [0.15, 0.2) is 5.78 Å². The van der Waals surface area contributed by atoms with E-state index in [4.69, 9.17) is 23.2 Å². The molecule has 0 heterocycles. The van der Waals surface area contributed by atoms with E-state index in [1.807, 2.05) is 0 Å². The third kappa shape index (κ3) is 4.97. The molecule has 0 aliphatic rings. The quantitative estimate of drug-likeness (QED) is 0.731. The summed E-state index contributed by atoms with van der Waals surface area (Å²) < 4.78 is 25.2. The number of Topliss-reactive ketones (excluding diaryl/α,β-unsaturated/α-hetero) is 1. The Kier molecular flexibility index (Phi) is 6.28. The number of nitrogens with zero attached hydrogens (tertiary/aromatic N) is 1. The van der Waals surface area contributed by atoms with Gasteiger partial charge in [0.25, 0.3) is 0 Å². The van der Waals surface area contributed by atoms with Gasteiger partial charge in [-0.15, -0.1) is 0 Å². The SMILES string of the molecule is CC(=O)c1cccc(N(CC(=O)Nc2cccc(Cl)c2Cl)S(C)(=O)=O)c1. The van der Waals surface area contributed by atoms with Gasteiger partial charge >= 0.3 is 0 Å². The number of nitrogens with one attached hydrogen (secondary N) is 1. The zero-order chi connectivity index (χ0) is 19.5. The number of halogens is 2. The molecule has 2 aromatic carbocycles. The summed E-state index contributed by atoms with van der Waals surface area (Å²) in [5.41, 5.74) is 0.831. The third-order valence-corrected chi connectivity index (χ3v) is 5.41. The van der Waals surface area contributed by atoms with Crippen molar-refractivity contribution in [1.29, 1.82) is 0 Å². The Labute approximate surface area is 161 Å². The van der Waals surface area contributed by atoms with Crippen LogP contribution in [0, 0.1) is 0 Å². The van der Waals surface area contributed by atoms with Gasteiger partial charge in [-0.25, -0.2) is 8.42 Å². The fourth-order valence-electron chi connectivity index (χ4n) is 2.20. The van der Waals surface area contributed by atoms with E-state index in [-0.39, 0.29) is 27.2 Å². The van der Waals surface area contributed by atoms with Crippen molar-refractivity contribution in [2.75, 3.05) is 22.4 Å². The maximum Gasteiger partial charge on any atom is 0.245 e. The lowest BCUT2D eigenvalue weighted by molar-refractivity contribution is -0.114. The minimum Gasteiger partial charge on any atom is -0.323 e. The fourth-order valence-corrected chi connectivity index (χ4v) is 3.40. The lowest BCUT2D eigenvalue weighted by Crippen LogP contribution is -2.37. The van der Waals surface area contributed by atoms with Crippen molar-refractivity contribution in [3.05, 3.63) is 58.1 Å². The predicted octanol–water partition coefficient (Wildman–Crippen LogP) is 3.60. The number of hydrogen-bond donors (Lipinski definition) is 1. The van der Waals surface area contributed by atoms with Crippen molar-refractivity contribution in [1.82, 2.24) is 0 Å². The van der Waals surface area contributed by atoms with Crippen molar-refractivity contribution in [3.8, 4) is 0 Å². The lowest BCUT2D eigenvalue weighted by atomic mass is 10.1. The summed E-state index contributed by atoms with van der Waals surface area (Å²) in [6.07, 6.45) is 0.979. The third-order valence-electron chi connectivity index (χ3n) is 3.45. The Hall–Kier alpha value is -2.09. The van der Waals surface area contributed by atoms with Gasteiger partial charge in [0, 0.05) is 5.56 Å². The molecule has 26 heavy (non-hydrogen) atoms. The Morgan fingerprint density at radius 1 is 1.12 bits per heavy atom. The number of carbonyl (C=O) groups excluding carboxylic acids is 2. The number of sulfonamides is 1. The minimum atomic E-state index is -3.76. The molecule has 0 bridgehead atoms. The molecule has 2 rings (SSSR count). The van der Waals surface area contributed by atoms with E-state index in [9.17, 15) is 18.0 Å². The van der Waals surface area contributed by atoms with Crippen LogP contribution in [0.1, 0.15) is 17.3 Å². The molecule has 0 unspecified atom stereocenters. The summed E-state index contributed by atoms with van der Waals surface area (Å²) in [6, 6.07) is 10.8. The second kappa shape index (κ2) is 8.07. The first-order valence-electron chi connectivity index (χ1n) is 7.42. The molecule has 0 aliphatic carbocycles. The summed E-state index contributed by atoms with van der Waals surface area (Å²) in [4.78, 5) is 23.9. The molecule has 0 atom stereocenters. The summed E-state index contributed by atoms with van der Waals surface area (Å²) in [5.74, 6) is -0.816. The average Bonchev–Trinajstić information content (AvgIpc) is 2.56. The van der Waals surface area contributed by atoms with Crippen LogP contribution in [0.4, 0.5) is 11.4 Å². The first-order chi connectivity index (χ1) is 12.1. The van der Waals surface area contributed by atoms with E-state index < -0.39 is 22.5 Å². The van der Waals surface area contributed by atoms with E-state index in [1.165, 1.54) is 19.1 Å². The molecule has 138 valence electrons. The molecule has 0 saturated heterocycles. The number of benzene rings is 2. The van der Waals surface area contributed by atoms with Crippen LogP contribution in [0.25, 0.3) is 0 Å². The van der Waals surface area contributed by atoms with E-state index in [0.717, 1.165) is 10.6 Å². The Balaban J connectivity index is 2.29. The average molecular weight is 415 g/mol. The van der Waals surface area contributed by atoms with Gasteiger partial charge in [-0.2, -0.15) is 0 Å². The van der Waals surface area contributed by atoms with Crippen LogP contribution >= 0.6 is 23.2 Å². The standard InChI is InChI=1S/C17H16Cl2N2O4S/c1-11(22)12-5-3-6-13(9-12)21(26(2,24)25)10-16(23)20-15-8-4-7-14(18)17(15)19/h3-9H,10H2,1-2H3,(H,20,23). The molecule has 0 aromatic heterocycles. The van der Waals surface area contributed by atoms with Crippen LogP contribution in [0.15, 0.2) is 42.5 Å². The second-order valence-corrected chi connectivity index (χ2v) is 8.22. The molecule has 6 nitrogen and oxygen atoms in total.